The van der Waals surface area contributed by atoms with Crippen LogP contribution in [-0.4, -0.2) is 31.1 Å². The number of hydrogen-bond acceptors (Lipinski definition) is 2. The van der Waals surface area contributed by atoms with Crippen molar-refractivity contribution < 1.29 is 4.39 Å². The summed E-state index contributed by atoms with van der Waals surface area (Å²) in [6, 6.07) is 7.26. The Morgan fingerprint density at radius 1 is 1.33 bits per heavy atom. The van der Waals surface area contributed by atoms with E-state index < -0.39 is 0 Å². The molecule has 1 aromatic rings. The van der Waals surface area contributed by atoms with Crippen LogP contribution in [0.2, 0.25) is 0 Å². The van der Waals surface area contributed by atoms with Gasteiger partial charge < -0.3 is 10.2 Å². The van der Waals surface area contributed by atoms with Gasteiger partial charge in [0.2, 0.25) is 0 Å². The van der Waals surface area contributed by atoms with Crippen molar-refractivity contribution in [2.24, 2.45) is 5.41 Å². The average molecular weight is 292 g/mol. The number of rotatable bonds is 6. The van der Waals surface area contributed by atoms with E-state index >= 15 is 0 Å². The van der Waals surface area contributed by atoms with Crippen LogP contribution in [0.1, 0.15) is 51.6 Å². The van der Waals surface area contributed by atoms with E-state index in [0.29, 0.717) is 5.41 Å². The highest BCUT2D eigenvalue weighted by atomic mass is 19.1. The molecule has 1 aliphatic rings. The smallest absolute Gasteiger partial charge is 0.128 e. The zero-order chi connectivity index (χ0) is 15.3. The normalized spacial score (nSPS) is 20.4. The lowest BCUT2D eigenvalue weighted by Gasteiger charge is -2.39. The Bertz CT molecular complexity index is 445. The monoisotopic (exact) mass is 292 g/mol. The minimum atomic E-state index is -0.0950. The largest absolute Gasteiger partial charge is 0.309 e. The van der Waals surface area contributed by atoms with E-state index in [0.717, 1.165) is 38.2 Å². The van der Waals surface area contributed by atoms with Crippen LogP contribution >= 0.6 is 0 Å². The number of hydrogen-bond donors (Lipinski definition) is 1. The van der Waals surface area contributed by atoms with E-state index in [9.17, 15) is 4.39 Å². The first-order valence-corrected chi connectivity index (χ1v) is 8.22. The molecule has 0 spiro atoms. The molecule has 1 atom stereocenters. The first-order chi connectivity index (χ1) is 10.0. The molecular formula is C18H29FN2. The summed E-state index contributed by atoms with van der Waals surface area (Å²) in [7, 11) is 0. The van der Waals surface area contributed by atoms with Crippen molar-refractivity contribution in [2.45, 2.75) is 46.1 Å². The predicted octanol–water partition coefficient (Wildman–Crippen LogP) is 3.99. The van der Waals surface area contributed by atoms with Gasteiger partial charge in [0, 0.05) is 24.7 Å². The molecule has 0 amide bonds. The topological polar surface area (TPSA) is 15.3 Å². The zero-order valence-corrected chi connectivity index (χ0v) is 13.7. The Morgan fingerprint density at radius 3 is 2.76 bits per heavy atom. The van der Waals surface area contributed by atoms with Gasteiger partial charge in [-0.15, -0.1) is 0 Å². The molecule has 0 radical (unpaired) electrons. The Morgan fingerprint density at radius 2 is 2.10 bits per heavy atom. The maximum atomic E-state index is 14.1. The van der Waals surface area contributed by atoms with Crippen LogP contribution in [0.5, 0.6) is 0 Å². The summed E-state index contributed by atoms with van der Waals surface area (Å²) in [6.07, 6.45) is 3.59. The third kappa shape index (κ3) is 4.79. The van der Waals surface area contributed by atoms with Crippen molar-refractivity contribution in [3.8, 4) is 0 Å². The van der Waals surface area contributed by atoms with E-state index in [2.05, 4.69) is 31.0 Å². The molecule has 2 nitrogen and oxygen atoms in total. The van der Waals surface area contributed by atoms with E-state index in [4.69, 9.17) is 0 Å². The lowest BCUT2D eigenvalue weighted by Crippen LogP contribution is -2.44. The number of nitrogens with zero attached hydrogens (tertiary/aromatic N) is 1. The van der Waals surface area contributed by atoms with Crippen LogP contribution in [0.4, 0.5) is 4.39 Å². The third-order valence-corrected chi connectivity index (χ3v) is 4.34. The molecule has 0 aromatic heterocycles. The maximum Gasteiger partial charge on any atom is 0.128 e. The van der Waals surface area contributed by atoms with Crippen molar-refractivity contribution >= 4 is 0 Å². The van der Waals surface area contributed by atoms with Crippen molar-refractivity contribution in [3.05, 3.63) is 35.6 Å². The van der Waals surface area contributed by atoms with Gasteiger partial charge >= 0.3 is 0 Å². The second kappa shape index (κ2) is 7.37. The SMILES string of the molecule is CCCNC(CN1CCCC(C)(C)C1)c1ccccc1F. The number of benzene rings is 1. The molecule has 2 rings (SSSR count). The van der Waals surface area contributed by atoms with Gasteiger partial charge in [-0.1, -0.05) is 39.0 Å². The highest BCUT2D eigenvalue weighted by Crippen LogP contribution is 2.29. The third-order valence-electron chi connectivity index (χ3n) is 4.34. The molecule has 1 aliphatic heterocycles. The summed E-state index contributed by atoms with van der Waals surface area (Å²) in [5.41, 5.74) is 1.18. The highest BCUT2D eigenvalue weighted by Gasteiger charge is 2.28. The fourth-order valence-corrected chi connectivity index (χ4v) is 3.31. The average Bonchev–Trinajstić information content (AvgIpc) is 2.43. The molecule has 21 heavy (non-hydrogen) atoms. The molecular weight excluding hydrogens is 263 g/mol. The van der Waals surface area contributed by atoms with Crippen LogP contribution < -0.4 is 5.32 Å². The Kier molecular flexibility index (Phi) is 5.77. The lowest BCUT2D eigenvalue weighted by atomic mass is 9.84. The first kappa shape index (κ1) is 16.4. The van der Waals surface area contributed by atoms with E-state index in [-0.39, 0.29) is 11.9 Å². The van der Waals surface area contributed by atoms with Crippen LogP contribution in [-0.2, 0) is 0 Å². The van der Waals surface area contributed by atoms with Gasteiger partial charge in [0.25, 0.3) is 0 Å². The Hall–Kier alpha value is -0.930. The second-order valence-corrected chi connectivity index (χ2v) is 7.03. The molecule has 1 fully saturated rings. The predicted molar refractivity (Wildman–Crippen MR) is 86.9 cm³/mol. The molecule has 1 unspecified atom stereocenters. The molecule has 0 bridgehead atoms. The zero-order valence-electron chi connectivity index (χ0n) is 13.7. The summed E-state index contributed by atoms with van der Waals surface area (Å²) >= 11 is 0. The summed E-state index contributed by atoms with van der Waals surface area (Å²) in [4.78, 5) is 2.49. The van der Waals surface area contributed by atoms with Gasteiger partial charge in [0.1, 0.15) is 5.82 Å². The summed E-state index contributed by atoms with van der Waals surface area (Å²) < 4.78 is 14.1. The molecule has 1 N–H and O–H groups in total. The van der Waals surface area contributed by atoms with Crippen LogP contribution in [0, 0.1) is 11.2 Å². The van der Waals surface area contributed by atoms with Gasteiger partial charge in [-0.2, -0.15) is 0 Å². The fraction of sp³-hybridized carbons (Fsp3) is 0.667. The maximum absolute atomic E-state index is 14.1. The molecule has 0 saturated carbocycles. The number of halogens is 1. The van der Waals surface area contributed by atoms with Crippen molar-refractivity contribution in [3.63, 3.8) is 0 Å². The molecule has 1 aromatic carbocycles. The summed E-state index contributed by atoms with van der Waals surface area (Å²) in [5.74, 6) is -0.0950. The minimum Gasteiger partial charge on any atom is -0.309 e. The van der Waals surface area contributed by atoms with E-state index in [1.54, 1.807) is 12.1 Å². The standard InChI is InChI=1S/C18H29FN2/c1-4-11-20-17(15-8-5-6-9-16(15)19)13-21-12-7-10-18(2,3)14-21/h5-6,8-9,17,20H,4,7,10-14H2,1-3H3. The number of likely N-dealkylation sites (tertiary alicyclic amines) is 1. The Labute approximate surface area is 128 Å². The Balaban J connectivity index is 2.08. The van der Waals surface area contributed by atoms with E-state index in [1.807, 2.05) is 12.1 Å². The number of nitrogens with one attached hydrogen (secondary N) is 1. The number of piperidine rings is 1. The van der Waals surface area contributed by atoms with Gasteiger partial charge in [-0.05, 0) is 43.8 Å². The molecule has 3 heteroatoms. The van der Waals surface area contributed by atoms with E-state index in [1.165, 1.54) is 12.8 Å². The van der Waals surface area contributed by atoms with Gasteiger partial charge in [-0.25, -0.2) is 4.39 Å². The van der Waals surface area contributed by atoms with Crippen molar-refractivity contribution in [1.29, 1.82) is 0 Å². The second-order valence-electron chi connectivity index (χ2n) is 7.03. The summed E-state index contributed by atoms with van der Waals surface area (Å²) in [6.45, 7) is 10.9. The highest BCUT2D eigenvalue weighted by molar-refractivity contribution is 5.21. The van der Waals surface area contributed by atoms with Crippen LogP contribution in [0.3, 0.4) is 0 Å². The summed E-state index contributed by atoms with van der Waals surface area (Å²) in [5, 5.41) is 3.52. The molecule has 1 saturated heterocycles. The quantitative estimate of drug-likeness (QED) is 0.853. The first-order valence-electron chi connectivity index (χ1n) is 8.22. The molecule has 1 heterocycles. The minimum absolute atomic E-state index is 0.0834. The van der Waals surface area contributed by atoms with Gasteiger partial charge in [-0.3, -0.25) is 0 Å². The molecule has 0 aliphatic carbocycles. The fourth-order valence-electron chi connectivity index (χ4n) is 3.31. The lowest BCUT2D eigenvalue weighted by molar-refractivity contribution is 0.107. The van der Waals surface area contributed by atoms with Gasteiger partial charge in [0.15, 0.2) is 0 Å². The van der Waals surface area contributed by atoms with Crippen molar-refractivity contribution in [2.75, 3.05) is 26.2 Å². The van der Waals surface area contributed by atoms with Crippen molar-refractivity contribution in [1.82, 2.24) is 10.2 Å². The van der Waals surface area contributed by atoms with Crippen LogP contribution in [0.25, 0.3) is 0 Å². The van der Waals surface area contributed by atoms with Gasteiger partial charge in [0.05, 0.1) is 0 Å². The molecule has 118 valence electrons. The van der Waals surface area contributed by atoms with Crippen LogP contribution in [0.15, 0.2) is 24.3 Å².